The molecule has 1 amide bonds. The molecule has 0 aliphatic rings. The molecular weight excluding hydrogens is 266 g/mol. The maximum Gasteiger partial charge on any atom is 0.241 e. The topological polar surface area (TPSA) is 101 Å². The molecule has 0 radical (unpaired) electrons. The van der Waals surface area contributed by atoms with Crippen molar-refractivity contribution in [2.45, 2.75) is 25.7 Å². The van der Waals surface area contributed by atoms with Crippen LogP contribution in [0.3, 0.4) is 0 Å². The number of carbonyl (C=O) groups is 1. The predicted octanol–water partition coefficient (Wildman–Crippen LogP) is 0.300. The van der Waals surface area contributed by atoms with Gasteiger partial charge in [0.25, 0.3) is 0 Å². The highest BCUT2D eigenvalue weighted by atomic mass is 32.2. The Balaban J connectivity index is 2.98. The summed E-state index contributed by atoms with van der Waals surface area (Å²) >= 11 is 0. The molecule has 0 saturated heterocycles. The van der Waals surface area contributed by atoms with Gasteiger partial charge < -0.3 is 11.1 Å². The first kappa shape index (κ1) is 15.5. The zero-order chi connectivity index (χ0) is 14.6. The molecule has 0 aromatic heterocycles. The second kappa shape index (κ2) is 6.03. The average Bonchev–Trinajstić information content (AvgIpc) is 2.25. The number of anilines is 1. The molecule has 19 heavy (non-hydrogen) atoms. The highest BCUT2D eigenvalue weighted by molar-refractivity contribution is 7.89. The predicted molar refractivity (Wildman–Crippen MR) is 74.2 cm³/mol. The Morgan fingerprint density at radius 1 is 1.26 bits per heavy atom. The number of likely N-dealkylation sites (N-methyl/N-ethyl adjacent to an activating group) is 1. The Kier molecular flexibility index (Phi) is 4.90. The van der Waals surface area contributed by atoms with E-state index in [1.54, 1.807) is 32.9 Å². The zero-order valence-electron chi connectivity index (χ0n) is 11.3. The molecule has 4 N–H and O–H groups in total. The van der Waals surface area contributed by atoms with Crippen molar-refractivity contribution < 1.29 is 13.2 Å². The standard InChI is InChI=1S/C12H19N3O3S/c1-4-14-11(16)7-15-19(17,18)12-8(2)5-10(13)6-9(12)3/h5-6,15H,4,7,13H2,1-3H3,(H,14,16). The van der Waals surface area contributed by atoms with Crippen LogP contribution in [0, 0.1) is 13.8 Å². The van der Waals surface area contributed by atoms with Gasteiger partial charge in [-0.25, -0.2) is 13.1 Å². The number of nitrogen functional groups attached to an aromatic ring is 1. The maximum atomic E-state index is 12.2. The SMILES string of the molecule is CCNC(=O)CNS(=O)(=O)c1c(C)cc(N)cc1C. The van der Waals surface area contributed by atoms with Gasteiger partial charge in [0.05, 0.1) is 11.4 Å². The molecule has 0 aliphatic heterocycles. The van der Waals surface area contributed by atoms with Gasteiger partial charge in [-0.2, -0.15) is 0 Å². The van der Waals surface area contributed by atoms with Crippen molar-refractivity contribution in [3.8, 4) is 0 Å². The number of hydrogen-bond acceptors (Lipinski definition) is 4. The minimum atomic E-state index is -3.72. The van der Waals surface area contributed by atoms with Crippen molar-refractivity contribution in [1.82, 2.24) is 10.0 Å². The fraction of sp³-hybridized carbons (Fsp3) is 0.417. The fourth-order valence-electron chi connectivity index (χ4n) is 1.90. The van der Waals surface area contributed by atoms with E-state index in [2.05, 4.69) is 10.0 Å². The van der Waals surface area contributed by atoms with Crippen molar-refractivity contribution in [3.05, 3.63) is 23.3 Å². The highest BCUT2D eigenvalue weighted by Crippen LogP contribution is 2.22. The van der Waals surface area contributed by atoms with E-state index in [0.717, 1.165) is 0 Å². The van der Waals surface area contributed by atoms with Crippen LogP contribution in [0.25, 0.3) is 0 Å². The lowest BCUT2D eigenvalue weighted by Gasteiger charge is -2.12. The van der Waals surface area contributed by atoms with Crippen LogP contribution in [-0.4, -0.2) is 27.4 Å². The Hall–Kier alpha value is -1.60. The fourth-order valence-corrected chi connectivity index (χ4v) is 3.33. The third-order valence-corrected chi connectivity index (χ3v) is 4.25. The van der Waals surface area contributed by atoms with Crippen LogP contribution in [0.2, 0.25) is 0 Å². The number of rotatable bonds is 5. The van der Waals surface area contributed by atoms with Crippen LogP contribution in [0.15, 0.2) is 17.0 Å². The average molecular weight is 285 g/mol. The van der Waals surface area contributed by atoms with Crippen molar-refractivity contribution in [2.24, 2.45) is 0 Å². The van der Waals surface area contributed by atoms with Gasteiger partial charge in [-0.3, -0.25) is 4.79 Å². The second-order valence-electron chi connectivity index (χ2n) is 4.26. The first-order valence-electron chi connectivity index (χ1n) is 5.91. The third-order valence-electron chi connectivity index (χ3n) is 2.55. The van der Waals surface area contributed by atoms with Crippen molar-refractivity contribution >= 4 is 21.6 Å². The van der Waals surface area contributed by atoms with E-state index in [1.165, 1.54) is 0 Å². The van der Waals surface area contributed by atoms with Gasteiger partial charge in [-0.1, -0.05) is 0 Å². The van der Waals surface area contributed by atoms with E-state index in [-0.39, 0.29) is 17.3 Å². The monoisotopic (exact) mass is 285 g/mol. The Morgan fingerprint density at radius 2 is 1.79 bits per heavy atom. The number of carbonyl (C=O) groups excluding carboxylic acids is 1. The van der Waals surface area contributed by atoms with Gasteiger partial charge in [-0.15, -0.1) is 0 Å². The van der Waals surface area contributed by atoms with E-state index in [9.17, 15) is 13.2 Å². The molecule has 0 fully saturated rings. The molecule has 1 rings (SSSR count). The molecule has 0 atom stereocenters. The number of benzene rings is 1. The summed E-state index contributed by atoms with van der Waals surface area (Å²) in [5.41, 5.74) is 7.28. The van der Waals surface area contributed by atoms with E-state index in [4.69, 9.17) is 5.73 Å². The zero-order valence-corrected chi connectivity index (χ0v) is 12.1. The van der Waals surface area contributed by atoms with E-state index in [0.29, 0.717) is 23.4 Å². The third kappa shape index (κ3) is 3.93. The van der Waals surface area contributed by atoms with Gasteiger partial charge >= 0.3 is 0 Å². The number of sulfonamides is 1. The molecule has 0 spiro atoms. The van der Waals surface area contributed by atoms with E-state index in [1.807, 2.05) is 0 Å². The molecule has 0 saturated carbocycles. The lowest BCUT2D eigenvalue weighted by Crippen LogP contribution is -2.37. The molecule has 0 bridgehead atoms. The summed E-state index contributed by atoms with van der Waals surface area (Å²) in [5, 5.41) is 2.52. The number of nitrogens with two attached hydrogens (primary N) is 1. The summed E-state index contributed by atoms with van der Waals surface area (Å²) < 4.78 is 26.6. The van der Waals surface area contributed by atoms with Crippen LogP contribution in [0.5, 0.6) is 0 Å². The molecule has 6 nitrogen and oxygen atoms in total. The Labute approximate surface area is 113 Å². The molecule has 1 aromatic carbocycles. The minimum absolute atomic E-state index is 0.172. The number of amides is 1. The van der Waals surface area contributed by atoms with Gasteiger partial charge in [0.2, 0.25) is 15.9 Å². The number of aryl methyl sites for hydroxylation is 2. The summed E-state index contributed by atoms with van der Waals surface area (Å²) in [7, 11) is -3.72. The van der Waals surface area contributed by atoms with Crippen LogP contribution < -0.4 is 15.8 Å². The van der Waals surface area contributed by atoms with Gasteiger partial charge in [0, 0.05) is 12.2 Å². The number of hydrogen-bond donors (Lipinski definition) is 3. The largest absolute Gasteiger partial charge is 0.399 e. The van der Waals surface area contributed by atoms with Crippen molar-refractivity contribution in [3.63, 3.8) is 0 Å². The van der Waals surface area contributed by atoms with Crippen LogP contribution in [-0.2, 0) is 14.8 Å². The minimum Gasteiger partial charge on any atom is -0.399 e. The van der Waals surface area contributed by atoms with Crippen molar-refractivity contribution in [2.75, 3.05) is 18.8 Å². The van der Waals surface area contributed by atoms with Crippen LogP contribution in [0.1, 0.15) is 18.1 Å². The molecule has 0 unspecified atom stereocenters. The first-order chi connectivity index (χ1) is 8.77. The lowest BCUT2D eigenvalue weighted by atomic mass is 10.1. The summed E-state index contributed by atoms with van der Waals surface area (Å²) in [6.07, 6.45) is 0. The summed E-state index contributed by atoms with van der Waals surface area (Å²) in [6, 6.07) is 3.18. The summed E-state index contributed by atoms with van der Waals surface area (Å²) in [5.74, 6) is -0.364. The van der Waals surface area contributed by atoms with Crippen LogP contribution >= 0.6 is 0 Å². The normalized spacial score (nSPS) is 11.3. The number of nitrogens with one attached hydrogen (secondary N) is 2. The van der Waals surface area contributed by atoms with Gasteiger partial charge in [-0.05, 0) is 44.0 Å². The lowest BCUT2D eigenvalue weighted by molar-refractivity contribution is -0.119. The van der Waals surface area contributed by atoms with E-state index < -0.39 is 10.0 Å². The Morgan fingerprint density at radius 3 is 2.26 bits per heavy atom. The smallest absolute Gasteiger partial charge is 0.241 e. The molecule has 0 heterocycles. The molecule has 1 aromatic rings. The first-order valence-corrected chi connectivity index (χ1v) is 7.39. The second-order valence-corrected chi connectivity index (χ2v) is 5.97. The molecular formula is C12H19N3O3S. The van der Waals surface area contributed by atoms with E-state index >= 15 is 0 Å². The molecule has 0 aliphatic carbocycles. The maximum absolute atomic E-state index is 12.2. The molecule has 7 heteroatoms. The van der Waals surface area contributed by atoms with Gasteiger partial charge in [0.15, 0.2) is 0 Å². The molecule has 106 valence electrons. The quantitative estimate of drug-likeness (QED) is 0.677. The van der Waals surface area contributed by atoms with Crippen molar-refractivity contribution in [1.29, 1.82) is 0 Å². The summed E-state index contributed by atoms with van der Waals surface area (Å²) in [4.78, 5) is 11.5. The summed E-state index contributed by atoms with van der Waals surface area (Å²) in [6.45, 7) is 5.29. The van der Waals surface area contributed by atoms with Gasteiger partial charge in [0.1, 0.15) is 0 Å². The highest BCUT2D eigenvalue weighted by Gasteiger charge is 2.20. The van der Waals surface area contributed by atoms with Crippen LogP contribution in [0.4, 0.5) is 5.69 Å². The Bertz CT molecular complexity index is 559.